The van der Waals surface area contributed by atoms with Crippen molar-refractivity contribution in [3.8, 4) is 0 Å². The summed E-state index contributed by atoms with van der Waals surface area (Å²) in [4.78, 5) is 57.1. The maximum Gasteiger partial charge on any atom is 0.310 e. The Morgan fingerprint density at radius 1 is 0.951 bits per heavy atom. The number of carbonyl (C=O) groups excluding carboxylic acids is 4. The van der Waals surface area contributed by atoms with E-state index in [9.17, 15) is 19.2 Å². The van der Waals surface area contributed by atoms with Gasteiger partial charge >= 0.3 is 5.97 Å². The van der Waals surface area contributed by atoms with Crippen molar-refractivity contribution in [2.24, 2.45) is 17.8 Å². The highest BCUT2D eigenvalue weighted by molar-refractivity contribution is 5.91. The maximum absolute atomic E-state index is 13.2. The van der Waals surface area contributed by atoms with E-state index in [1.807, 2.05) is 50.3 Å². The first-order chi connectivity index (χ1) is 19.4. The van der Waals surface area contributed by atoms with Crippen LogP contribution in [0.3, 0.4) is 0 Å². The summed E-state index contributed by atoms with van der Waals surface area (Å²) in [6.07, 6.45) is 5.73. The van der Waals surface area contributed by atoms with Crippen LogP contribution >= 0.6 is 0 Å². The van der Waals surface area contributed by atoms with Crippen molar-refractivity contribution in [3.63, 3.8) is 0 Å². The third-order valence-electron chi connectivity index (χ3n) is 7.96. The van der Waals surface area contributed by atoms with Crippen LogP contribution in [0.25, 0.3) is 16.8 Å². The number of benzene rings is 1. The predicted octanol–water partition coefficient (Wildman–Crippen LogP) is 3.28. The summed E-state index contributed by atoms with van der Waals surface area (Å²) in [5.74, 6) is -2.61. The van der Waals surface area contributed by atoms with E-state index in [-0.39, 0.29) is 29.7 Å². The molecule has 0 aliphatic carbocycles. The molecular formula is C31H41N5O5. The molecule has 4 rings (SSSR count). The van der Waals surface area contributed by atoms with Gasteiger partial charge in [0.15, 0.2) is 6.10 Å². The Kier molecular flexibility index (Phi) is 9.42. The number of fused-ring (bicyclic) bond motifs is 4. The summed E-state index contributed by atoms with van der Waals surface area (Å²) in [7, 11) is 0. The zero-order valence-electron chi connectivity index (χ0n) is 24.6. The summed E-state index contributed by atoms with van der Waals surface area (Å²) >= 11 is 0. The Bertz CT molecular complexity index is 1340. The van der Waals surface area contributed by atoms with Gasteiger partial charge in [-0.3, -0.25) is 29.2 Å². The molecule has 3 amide bonds. The van der Waals surface area contributed by atoms with Crippen LogP contribution in [-0.4, -0.2) is 58.4 Å². The lowest BCUT2D eigenvalue weighted by molar-refractivity contribution is -0.163. The molecule has 2 aliphatic rings. The molecule has 5 bridgehead atoms. The first-order valence-corrected chi connectivity index (χ1v) is 14.4. The second-order valence-electron chi connectivity index (χ2n) is 11.6. The first kappa shape index (κ1) is 30.2. The van der Waals surface area contributed by atoms with Crippen molar-refractivity contribution in [2.45, 2.75) is 78.6 Å². The van der Waals surface area contributed by atoms with Crippen molar-refractivity contribution in [3.05, 3.63) is 47.8 Å². The third kappa shape index (κ3) is 7.11. The molecule has 2 aromatic rings. The summed E-state index contributed by atoms with van der Waals surface area (Å²) in [5.41, 5.74) is 4.72. The average Bonchev–Trinajstić information content (AvgIpc) is 2.96. The van der Waals surface area contributed by atoms with Gasteiger partial charge in [-0.05, 0) is 67.7 Å². The van der Waals surface area contributed by atoms with E-state index in [1.54, 1.807) is 33.9 Å². The van der Waals surface area contributed by atoms with Gasteiger partial charge in [-0.15, -0.1) is 0 Å². The largest absolute Gasteiger partial charge is 0.452 e. The van der Waals surface area contributed by atoms with E-state index in [4.69, 9.17) is 4.74 Å². The van der Waals surface area contributed by atoms with E-state index in [0.29, 0.717) is 19.4 Å². The molecular weight excluding hydrogens is 522 g/mol. The second-order valence-corrected chi connectivity index (χ2v) is 11.6. The molecule has 220 valence electrons. The third-order valence-corrected chi connectivity index (χ3v) is 7.96. The lowest BCUT2D eigenvalue weighted by atomic mass is 9.95. The SMILES string of the molecule is CC1/C=C/c2cc3cc(ccc3cn2)[C@@H](C)NC(=O)[C@@H]2CCCN(N2)C(=O)[C@H](C)NC(=O)[C@H](C(C)C)OC(=O)C1C. The highest BCUT2D eigenvalue weighted by atomic mass is 16.5. The molecule has 10 nitrogen and oxygen atoms in total. The number of esters is 1. The number of nitrogens with zero attached hydrogens (tertiary/aromatic N) is 2. The predicted molar refractivity (Wildman–Crippen MR) is 156 cm³/mol. The van der Waals surface area contributed by atoms with E-state index >= 15 is 0 Å². The fourth-order valence-corrected chi connectivity index (χ4v) is 5.02. The normalized spacial score (nSPS) is 29.5. The Morgan fingerprint density at radius 2 is 1.68 bits per heavy atom. The number of amides is 3. The van der Waals surface area contributed by atoms with Crippen LogP contribution in [-0.2, 0) is 23.9 Å². The number of hydrazine groups is 1. The van der Waals surface area contributed by atoms with E-state index in [1.165, 1.54) is 5.01 Å². The van der Waals surface area contributed by atoms with Crippen LogP contribution < -0.4 is 16.1 Å². The highest BCUT2D eigenvalue weighted by Gasteiger charge is 2.34. The van der Waals surface area contributed by atoms with Crippen LogP contribution in [0, 0.1) is 17.8 Å². The van der Waals surface area contributed by atoms with Gasteiger partial charge in [-0.2, -0.15) is 0 Å². The molecule has 1 aromatic heterocycles. The zero-order chi connectivity index (χ0) is 29.8. The van der Waals surface area contributed by atoms with Crippen molar-refractivity contribution in [2.75, 3.05) is 6.54 Å². The Balaban J connectivity index is 1.66. The van der Waals surface area contributed by atoms with Crippen molar-refractivity contribution < 1.29 is 23.9 Å². The summed E-state index contributed by atoms with van der Waals surface area (Å²) < 4.78 is 5.68. The van der Waals surface area contributed by atoms with Crippen LogP contribution in [0.5, 0.6) is 0 Å². The van der Waals surface area contributed by atoms with Gasteiger partial charge in [0.25, 0.3) is 11.8 Å². The van der Waals surface area contributed by atoms with Crippen molar-refractivity contribution >= 4 is 40.5 Å². The first-order valence-electron chi connectivity index (χ1n) is 14.4. The zero-order valence-corrected chi connectivity index (χ0v) is 24.6. The molecule has 41 heavy (non-hydrogen) atoms. The van der Waals surface area contributed by atoms with E-state index < -0.39 is 36.0 Å². The van der Waals surface area contributed by atoms with Gasteiger partial charge in [0.1, 0.15) is 12.1 Å². The summed E-state index contributed by atoms with van der Waals surface area (Å²) in [5, 5.41) is 9.12. The number of aromatic nitrogens is 1. The number of hydrogen-bond donors (Lipinski definition) is 3. The van der Waals surface area contributed by atoms with Crippen LogP contribution in [0.2, 0.25) is 0 Å². The second kappa shape index (κ2) is 12.8. The highest BCUT2D eigenvalue weighted by Crippen LogP contribution is 2.23. The molecule has 0 spiro atoms. The van der Waals surface area contributed by atoms with Crippen LogP contribution in [0.1, 0.15) is 71.7 Å². The molecule has 6 atom stereocenters. The molecule has 3 N–H and O–H groups in total. The summed E-state index contributed by atoms with van der Waals surface area (Å²) in [6, 6.07) is 6.21. The smallest absolute Gasteiger partial charge is 0.310 e. The molecule has 1 fully saturated rings. The Hall–Kier alpha value is -3.79. The van der Waals surface area contributed by atoms with Gasteiger partial charge < -0.3 is 15.4 Å². The molecule has 10 heteroatoms. The standard InChI is InChI=1S/C31H41N5O5/c1-17(2)27-29(38)34-21(6)30(39)36-13-7-8-26(35-36)28(37)33-20(5)22-10-11-23-16-32-25(15-24(23)14-22)12-9-18(3)19(4)31(40)41-27/h9-12,14-21,26-27,35H,7-8,13H2,1-6H3,(H,33,37)(H,34,38)/b12-9+/t18?,19?,20-,21+,26+,27+/m1/s1. The molecule has 3 heterocycles. The number of rotatable bonds is 1. The number of carbonyl (C=O) groups is 4. The number of pyridine rings is 1. The van der Waals surface area contributed by atoms with Crippen molar-refractivity contribution in [1.29, 1.82) is 0 Å². The van der Waals surface area contributed by atoms with Crippen LogP contribution in [0.15, 0.2) is 36.5 Å². The number of hydrogen-bond acceptors (Lipinski definition) is 7. The lowest BCUT2D eigenvalue weighted by Crippen LogP contribution is -2.61. The minimum absolute atomic E-state index is 0.186. The molecule has 0 saturated carbocycles. The number of nitrogens with one attached hydrogen (secondary N) is 3. The summed E-state index contributed by atoms with van der Waals surface area (Å²) in [6.45, 7) is 11.2. The quantitative estimate of drug-likeness (QED) is 0.454. The Morgan fingerprint density at radius 3 is 2.41 bits per heavy atom. The number of ether oxygens (including phenoxy) is 1. The lowest BCUT2D eigenvalue weighted by Gasteiger charge is -2.35. The molecule has 1 saturated heterocycles. The minimum Gasteiger partial charge on any atom is -0.452 e. The van der Waals surface area contributed by atoms with Crippen LogP contribution in [0.4, 0.5) is 0 Å². The van der Waals surface area contributed by atoms with Gasteiger partial charge in [-0.25, -0.2) is 5.43 Å². The average molecular weight is 564 g/mol. The Labute approximate surface area is 241 Å². The topological polar surface area (TPSA) is 130 Å². The van der Waals surface area contributed by atoms with Gasteiger partial charge in [0.2, 0.25) is 5.91 Å². The fourth-order valence-electron chi connectivity index (χ4n) is 5.02. The number of allylic oxidation sites excluding steroid dienone is 1. The monoisotopic (exact) mass is 563 g/mol. The van der Waals surface area contributed by atoms with E-state index in [2.05, 4.69) is 21.0 Å². The molecule has 1 aromatic carbocycles. The number of cyclic esters (lactones) is 1. The fraction of sp³-hybridized carbons (Fsp3) is 0.516. The molecule has 2 unspecified atom stereocenters. The molecule has 0 radical (unpaired) electrons. The minimum atomic E-state index is -1.06. The molecule has 2 aliphatic heterocycles. The van der Waals surface area contributed by atoms with Gasteiger partial charge in [-0.1, -0.05) is 45.9 Å². The van der Waals surface area contributed by atoms with Gasteiger partial charge in [0.05, 0.1) is 17.7 Å². The maximum atomic E-state index is 13.2. The van der Waals surface area contributed by atoms with Crippen molar-refractivity contribution in [1.82, 2.24) is 26.1 Å². The van der Waals surface area contributed by atoms with E-state index in [0.717, 1.165) is 22.0 Å². The van der Waals surface area contributed by atoms with Gasteiger partial charge in [0, 0.05) is 18.1 Å².